The first-order chi connectivity index (χ1) is 13.0. The van der Waals surface area contributed by atoms with Crippen molar-refractivity contribution in [2.24, 2.45) is 5.73 Å². The Balaban J connectivity index is 1.96. The van der Waals surface area contributed by atoms with E-state index >= 15 is 0 Å². The normalized spacial score (nSPS) is 10.6. The Bertz CT molecular complexity index is 1010. The number of aromatic carboxylic acids is 1. The second-order valence-electron chi connectivity index (χ2n) is 6.16. The number of rotatable bonds is 7. The van der Waals surface area contributed by atoms with Crippen LogP contribution in [0.25, 0.3) is 10.8 Å². The number of nitrogens with two attached hydrogens (primary N) is 1. The van der Waals surface area contributed by atoms with Crippen molar-refractivity contribution in [2.45, 2.75) is 13.5 Å². The number of anilines is 1. The summed E-state index contributed by atoms with van der Waals surface area (Å²) in [7, 11) is 0. The summed E-state index contributed by atoms with van der Waals surface area (Å²) in [5.74, 6) is -0.953. The first-order valence-corrected chi connectivity index (χ1v) is 8.46. The average Bonchev–Trinajstić information content (AvgIpc) is 2.65. The van der Waals surface area contributed by atoms with E-state index in [9.17, 15) is 14.7 Å². The lowest BCUT2D eigenvalue weighted by Crippen LogP contribution is -2.20. The van der Waals surface area contributed by atoms with Crippen LogP contribution in [-0.4, -0.2) is 23.6 Å². The predicted octanol–water partition coefficient (Wildman–Crippen LogP) is 3.32. The zero-order valence-electron chi connectivity index (χ0n) is 14.9. The molecule has 27 heavy (non-hydrogen) atoms. The molecule has 138 valence electrons. The monoisotopic (exact) mass is 364 g/mol. The van der Waals surface area contributed by atoms with Crippen LogP contribution < -0.4 is 15.8 Å². The summed E-state index contributed by atoms with van der Waals surface area (Å²) < 4.78 is 5.58. The molecule has 0 saturated heterocycles. The quantitative estimate of drug-likeness (QED) is 0.597. The predicted molar refractivity (Wildman–Crippen MR) is 104 cm³/mol. The lowest BCUT2D eigenvalue weighted by atomic mass is 10.0. The van der Waals surface area contributed by atoms with E-state index in [-0.39, 0.29) is 12.2 Å². The van der Waals surface area contributed by atoms with Gasteiger partial charge in [-0.15, -0.1) is 0 Å². The van der Waals surface area contributed by atoms with Gasteiger partial charge in [0.2, 0.25) is 0 Å². The number of carboxylic acids is 1. The third kappa shape index (κ3) is 4.00. The molecule has 1 amide bonds. The maximum absolute atomic E-state index is 11.3. The number of carbonyl (C=O) groups excluding carboxylic acids is 1. The van der Waals surface area contributed by atoms with Crippen molar-refractivity contribution in [2.75, 3.05) is 11.9 Å². The molecule has 0 aliphatic carbocycles. The summed E-state index contributed by atoms with van der Waals surface area (Å²) in [4.78, 5) is 22.4. The molecule has 0 aliphatic heterocycles. The van der Waals surface area contributed by atoms with Gasteiger partial charge in [0.1, 0.15) is 5.75 Å². The van der Waals surface area contributed by atoms with E-state index in [0.717, 1.165) is 22.0 Å². The molecule has 0 unspecified atom stereocenters. The molecule has 0 fully saturated rings. The highest BCUT2D eigenvalue weighted by Gasteiger charge is 2.13. The third-order valence-electron chi connectivity index (χ3n) is 4.39. The summed E-state index contributed by atoms with van der Waals surface area (Å²) in [5, 5.41) is 14.6. The van der Waals surface area contributed by atoms with Gasteiger partial charge in [0.05, 0.1) is 5.56 Å². The van der Waals surface area contributed by atoms with E-state index in [4.69, 9.17) is 10.5 Å². The Morgan fingerprint density at radius 3 is 2.59 bits per heavy atom. The maximum Gasteiger partial charge on any atom is 0.336 e. The second kappa shape index (κ2) is 7.78. The van der Waals surface area contributed by atoms with Crippen LogP contribution in [0.15, 0.2) is 54.6 Å². The molecule has 6 heteroatoms. The molecule has 4 N–H and O–H groups in total. The fourth-order valence-corrected chi connectivity index (χ4v) is 3.02. The largest absolute Gasteiger partial charge is 0.483 e. The SMILES string of the molecule is Cc1c(NCc2c(OCC(N)=O)ccc3ccccc23)cccc1C(=O)O. The second-order valence-corrected chi connectivity index (χ2v) is 6.16. The fourth-order valence-electron chi connectivity index (χ4n) is 3.02. The smallest absolute Gasteiger partial charge is 0.336 e. The highest BCUT2D eigenvalue weighted by molar-refractivity contribution is 5.91. The number of amides is 1. The topological polar surface area (TPSA) is 102 Å². The zero-order valence-corrected chi connectivity index (χ0v) is 14.9. The lowest BCUT2D eigenvalue weighted by Gasteiger charge is -2.16. The van der Waals surface area contributed by atoms with Crippen LogP contribution in [0.5, 0.6) is 5.75 Å². The minimum absolute atomic E-state index is 0.209. The van der Waals surface area contributed by atoms with Gasteiger partial charge in [0, 0.05) is 17.8 Å². The molecule has 3 aromatic carbocycles. The number of benzene rings is 3. The molecule has 3 aromatic rings. The van der Waals surface area contributed by atoms with Gasteiger partial charge in [-0.05, 0) is 41.5 Å². The molecular weight excluding hydrogens is 344 g/mol. The summed E-state index contributed by atoms with van der Waals surface area (Å²) in [6.45, 7) is 1.96. The number of hydrogen-bond donors (Lipinski definition) is 3. The van der Waals surface area contributed by atoms with Crippen molar-refractivity contribution in [1.82, 2.24) is 0 Å². The van der Waals surface area contributed by atoms with Gasteiger partial charge in [-0.25, -0.2) is 4.79 Å². The summed E-state index contributed by atoms with van der Waals surface area (Å²) in [6, 6.07) is 16.7. The molecule has 0 bridgehead atoms. The number of fused-ring (bicyclic) bond motifs is 1. The van der Waals surface area contributed by atoms with Crippen molar-refractivity contribution in [3.8, 4) is 5.75 Å². The standard InChI is InChI=1S/C21H20N2O4/c1-13-15(21(25)26)7-4-8-18(13)23-11-17-16-6-3-2-5-14(16)9-10-19(17)27-12-20(22)24/h2-10,23H,11-12H2,1H3,(H2,22,24)(H,25,26). The Kier molecular flexibility index (Phi) is 5.26. The number of hydrogen-bond acceptors (Lipinski definition) is 4. The van der Waals surface area contributed by atoms with Crippen molar-refractivity contribution in [3.63, 3.8) is 0 Å². The molecule has 0 spiro atoms. The van der Waals surface area contributed by atoms with E-state index in [0.29, 0.717) is 17.9 Å². The summed E-state index contributed by atoms with van der Waals surface area (Å²) >= 11 is 0. The average molecular weight is 364 g/mol. The van der Waals surface area contributed by atoms with Crippen LogP contribution in [0, 0.1) is 6.92 Å². The summed E-state index contributed by atoms with van der Waals surface area (Å²) in [6.07, 6.45) is 0. The van der Waals surface area contributed by atoms with E-state index in [2.05, 4.69) is 5.32 Å². The van der Waals surface area contributed by atoms with Crippen LogP contribution in [0.4, 0.5) is 5.69 Å². The van der Waals surface area contributed by atoms with Crippen molar-refractivity contribution >= 4 is 28.3 Å². The van der Waals surface area contributed by atoms with Crippen LogP contribution in [-0.2, 0) is 11.3 Å². The van der Waals surface area contributed by atoms with Gasteiger partial charge in [-0.3, -0.25) is 4.79 Å². The van der Waals surface area contributed by atoms with Crippen LogP contribution in [0.1, 0.15) is 21.5 Å². The number of carbonyl (C=O) groups is 2. The Morgan fingerprint density at radius 1 is 1.07 bits per heavy atom. The van der Waals surface area contributed by atoms with Crippen molar-refractivity contribution < 1.29 is 19.4 Å². The van der Waals surface area contributed by atoms with Gasteiger partial charge in [0.15, 0.2) is 6.61 Å². The lowest BCUT2D eigenvalue weighted by molar-refractivity contribution is -0.119. The zero-order chi connectivity index (χ0) is 19.4. The van der Waals surface area contributed by atoms with Gasteiger partial charge in [-0.2, -0.15) is 0 Å². The Hall–Kier alpha value is -3.54. The highest BCUT2D eigenvalue weighted by Crippen LogP contribution is 2.30. The molecule has 6 nitrogen and oxygen atoms in total. The Morgan fingerprint density at radius 2 is 1.85 bits per heavy atom. The minimum atomic E-state index is -0.966. The van der Waals surface area contributed by atoms with E-state index in [1.807, 2.05) is 42.5 Å². The third-order valence-corrected chi connectivity index (χ3v) is 4.39. The van der Waals surface area contributed by atoms with E-state index in [1.165, 1.54) is 0 Å². The number of nitrogens with one attached hydrogen (secondary N) is 1. The molecular formula is C21H20N2O4. The Labute approximate surface area is 156 Å². The van der Waals surface area contributed by atoms with E-state index in [1.54, 1.807) is 19.1 Å². The fraction of sp³-hybridized carbons (Fsp3) is 0.143. The molecule has 0 aliphatic rings. The maximum atomic E-state index is 11.3. The highest BCUT2D eigenvalue weighted by atomic mass is 16.5. The first kappa shape index (κ1) is 18.3. The minimum Gasteiger partial charge on any atom is -0.483 e. The number of carboxylic acid groups (broad SMARTS) is 1. The van der Waals surface area contributed by atoms with Crippen LogP contribution in [0.2, 0.25) is 0 Å². The number of primary amides is 1. The van der Waals surface area contributed by atoms with Crippen LogP contribution in [0.3, 0.4) is 0 Å². The van der Waals surface area contributed by atoms with Gasteiger partial charge in [0.25, 0.3) is 5.91 Å². The molecule has 0 saturated carbocycles. The molecule has 0 aromatic heterocycles. The molecule has 0 heterocycles. The van der Waals surface area contributed by atoms with Gasteiger partial charge < -0.3 is 20.9 Å². The van der Waals surface area contributed by atoms with Crippen molar-refractivity contribution in [1.29, 1.82) is 0 Å². The first-order valence-electron chi connectivity index (χ1n) is 8.46. The number of ether oxygens (including phenoxy) is 1. The van der Waals surface area contributed by atoms with Gasteiger partial charge >= 0.3 is 5.97 Å². The van der Waals surface area contributed by atoms with Gasteiger partial charge in [-0.1, -0.05) is 36.4 Å². The summed E-state index contributed by atoms with van der Waals surface area (Å²) in [5.41, 5.74) is 7.70. The van der Waals surface area contributed by atoms with Crippen molar-refractivity contribution in [3.05, 3.63) is 71.3 Å². The van der Waals surface area contributed by atoms with Crippen LogP contribution >= 0.6 is 0 Å². The molecule has 0 radical (unpaired) electrons. The molecule has 3 rings (SSSR count). The molecule has 0 atom stereocenters. The van der Waals surface area contributed by atoms with E-state index < -0.39 is 11.9 Å².